The average molecular weight is 268 g/mol. The van der Waals surface area contributed by atoms with E-state index in [2.05, 4.69) is 15.5 Å². The molecular weight excluding hydrogens is 244 g/mol. The second-order valence-electron chi connectivity index (χ2n) is 7.23. The van der Waals surface area contributed by atoms with Gasteiger partial charge in [0.1, 0.15) is 0 Å². The first-order valence-electron chi connectivity index (χ1n) is 6.50. The Morgan fingerprint density at radius 3 is 2.26 bits per heavy atom. The molecule has 6 nitrogen and oxygen atoms in total. The number of hydrogen-bond acceptors (Lipinski definition) is 4. The zero-order chi connectivity index (χ0) is 14.8. The van der Waals surface area contributed by atoms with Gasteiger partial charge in [-0.15, -0.1) is 5.10 Å². The van der Waals surface area contributed by atoms with E-state index >= 15 is 0 Å². The number of carboxylic acid groups (broad SMARTS) is 1. The first-order valence-corrected chi connectivity index (χ1v) is 6.50. The summed E-state index contributed by atoms with van der Waals surface area (Å²) in [4.78, 5) is 11.4. The molecule has 108 valence electrons. The fourth-order valence-corrected chi connectivity index (χ4v) is 2.04. The van der Waals surface area contributed by atoms with Gasteiger partial charge in [-0.2, -0.15) is 0 Å². The minimum Gasteiger partial charge on any atom is -0.481 e. The summed E-state index contributed by atoms with van der Waals surface area (Å²) in [6.07, 6.45) is 0.589. The molecule has 1 rings (SSSR count). The number of rotatable bonds is 4. The summed E-state index contributed by atoms with van der Waals surface area (Å²) in [6, 6.07) is 0. The molecule has 0 amide bonds. The van der Waals surface area contributed by atoms with Crippen molar-refractivity contribution in [2.75, 3.05) is 0 Å². The molecule has 0 spiro atoms. The predicted molar refractivity (Wildman–Crippen MR) is 71.7 cm³/mol. The van der Waals surface area contributed by atoms with Gasteiger partial charge in [-0.25, -0.2) is 4.68 Å². The van der Waals surface area contributed by atoms with Gasteiger partial charge in [0, 0.05) is 5.41 Å². The molecule has 0 aliphatic carbocycles. The second kappa shape index (κ2) is 5.27. The van der Waals surface area contributed by atoms with Crippen LogP contribution < -0.4 is 0 Å². The number of nitrogens with zero attached hydrogens (tertiary/aromatic N) is 4. The molecule has 0 bridgehead atoms. The Morgan fingerprint density at radius 2 is 1.84 bits per heavy atom. The van der Waals surface area contributed by atoms with E-state index in [-0.39, 0.29) is 10.8 Å². The summed E-state index contributed by atoms with van der Waals surface area (Å²) in [6.45, 7) is 12.4. The molecule has 1 unspecified atom stereocenters. The molecule has 1 atom stereocenters. The predicted octanol–water partition coefficient (Wildman–Crippen LogP) is 2.11. The van der Waals surface area contributed by atoms with E-state index in [4.69, 9.17) is 0 Å². The molecule has 0 saturated carbocycles. The van der Waals surface area contributed by atoms with E-state index in [1.165, 1.54) is 0 Å². The smallest absolute Gasteiger partial charge is 0.308 e. The van der Waals surface area contributed by atoms with E-state index in [1.807, 2.05) is 41.5 Å². The lowest BCUT2D eigenvalue weighted by molar-refractivity contribution is -0.143. The Bertz CT molecular complexity index is 440. The van der Waals surface area contributed by atoms with Crippen LogP contribution in [0.15, 0.2) is 0 Å². The van der Waals surface area contributed by atoms with Crippen LogP contribution in [0.3, 0.4) is 0 Å². The second-order valence-corrected chi connectivity index (χ2v) is 7.23. The SMILES string of the molecule is CC(C)(C)CC(Cn1nnnc1C(C)(C)C)C(=O)O. The van der Waals surface area contributed by atoms with Crippen molar-refractivity contribution >= 4 is 5.97 Å². The monoisotopic (exact) mass is 268 g/mol. The van der Waals surface area contributed by atoms with Crippen molar-refractivity contribution in [2.24, 2.45) is 11.3 Å². The number of carbonyl (C=O) groups is 1. The maximum Gasteiger partial charge on any atom is 0.308 e. The fraction of sp³-hybridized carbons (Fsp3) is 0.846. The zero-order valence-corrected chi connectivity index (χ0v) is 12.6. The van der Waals surface area contributed by atoms with Crippen LogP contribution in [0.2, 0.25) is 0 Å². The van der Waals surface area contributed by atoms with Crippen LogP contribution in [0.5, 0.6) is 0 Å². The largest absolute Gasteiger partial charge is 0.481 e. The van der Waals surface area contributed by atoms with Crippen LogP contribution in [0.1, 0.15) is 53.8 Å². The van der Waals surface area contributed by atoms with Crippen LogP contribution in [0, 0.1) is 11.3 Å². The molecular formula is C13H24N4O2. The highest BCUT2D eigenvalue weighted by Gasteiger charge is 2.29. The number of hydrogen-bond donors (Lipinski definition) is 1. The quantitative estimate of drug-likeness (QED) is 0.904. The molecule has 0 aromatic carbocycles. The average Bonchev–Trinajstić information content (AvgIpc) is 2.61. The summed E-state index contributed by atoms with van der Waals surface area (Å²) in [5.74, 6) is -0.567. The fourth-order valence-electron chi connectivity index (χ4n) is 2.04. The first-order chi connectivity index (χ1) is 8.50. The van der Waals surface area contributed by atoms with Crippen LogP contribution >= 0.6 is 0 Å². The normalized spacial score (nSPS) is 14.4. The van der Waals surface area contributed by atoms with Gasteiger partial charge in [0.25, 0.3) is 0 Å². The highest BCUT2D eigenvalue weighted by molar-refractivity contribution is 5.69. The van der Waals surface area contributed by atoms with Crippen molar-refractivity contribution in [1.82, 2.24) is 20.2 Å². The minimum atomic E-state index is -0.801. The highest BCUT2D eigenvalue weighted by Crippen LogP contribution is 2.27. The van der Waals surface area contributed by atoms with Gasteiger partial charge in [0.2, 0.25) is 0 Å². The molecule has 1 heterocycles. The molecule has 0 radical (unpaired) electrons. The lowest BCUT2D eigenvalue weighted by Gasteiger charge is -2.24. The maximum atomic E-state index is 11.4. The first kappa shape index (κ1) is 15.6. The summed E-state index contributed by atoms with van der Waals surface area (Å²) >= 11 is 0. The van der Waals surface area contributed by atoms with Crippen molar-refractivity contribution in [3.63, 3.8) is 0 Å². The van der Waals surface area contributed by atoms with Gasteiger partial charge in [-0.1, -0.05) is 41.5 Å². The van der Waals surface area contributed by atoms with Crippen LogP contribution in [-0.4, -0.2) is 31.3 Å². The van der Waals surface area contributed by atoms with Gasteiger partial charge in [0.05, 0.1) is 12.5 Å². The topological polar surface area (TPSA) is 80.9 Å². The van der Waals surface area contributed by atoms with E-state index in [0.29, 0.717) is 18.8 Å². The molecule has 1 N–H and O–H groups in total. The Kier molecular flexibility index (Phi) is 4.32. The number of carboxylic acids is 1. The molecule has 1 aromatic rings. The molecule has 0 saturated heterocycles. The molecule has 0 aliphatic heterocycles. The van der Waals surface area contributed by atoms with Crippen molar-refractivity contribution < 1.29 is 9.90 Å². The summed E-state index contributed by atoms with van der Waals surface area (Å²) in [7, 11) is 0. The standard InChI is InChI=1S/C13H24N4O2/c1-12(2,3)7-9(10(18)19)8-17-11(13(4,5)6)14-15-16-17/h9H,7-8H2,1-6H3,(H,18,19). The van der Waals surface area contributed by atoms with Crippen molar-refractivity contribution in [2.45, 2.75) is 59.9 Å². The van der Waals surface area contributed by atoms with Crippen molar-refractivity contribution in [1.29, 1.82) is 0 Å². The lowest BCUT2D eigenvalue weighted by Crippen LogP contribution is -2.29. The zero-order valence-electron chi connectivity index (χ0n) is 12.6. The molecule has 0 fully saturated rings. The number of aliphatic carboxylic acids is 1. The molecule has 0 aliphatic rings. The molecule has 19 heavy (non-hydrogen) atoms. The van der Waals surface area contributed by atoms with E-state index in [0.717, 1.165) is 0 Å². The summed E-state index contributed by atoms with van der Waals surface area (Å²) in [5.41, 5.74) is -0.243. The summed E-state index contributed by atoms with van der Waals surface area (Å²) in [5, 5.41) is 20.9. The van der Waals surface area contributed by atoms with Gasteiger partial charge < -0.3 is 5.11 Å². The Morgan fingerprint density at radius 1 is 1.26 bits per heavy atom. The van der Waals surface area contributed by atoms with Gasteiger partial charge >= 0.3 is 5.97 Å². The molecule has 1 aromatic heterocycles. The Balaban J connectivity index is 2.93. The third-order valence-corrected chi connectivity index (χ3v) is 2.80. The highest BCUT2D eigenvalue weighted by atomic mass is 16.4. The number of aromatic nitrogens is 4. The third-order valence-electron chi connectivity index (χ3n) is 2.80. The van der Waals surface area contributed by atoms with Gasteiger partial charge in [-0.05, 0) is 22.3 Å². The van der Waals surface area contributed by atoms with Crippen molar-refractivity contribution in [3.05, 3.63) is 5.82 Å². The van der Waals surface area contributed by atoms with E-state index < -0.39 is 11.9 Å². The number of tetrazole rings is 1. The third kappa shape index (κ3) is 4.61. The molecule has 6 heteroatoms. The van der Waals surface area contributed by atoms with Crippen LogP contribution in [-0.2, 0) is 16.8 Å². The van der Waals surface area contributed by atoms with Gasteiger partial charge in [0.15, 0.2) is 5.82 Å². The van der Waals surface area contributed by atoms with Crippen molar-refractivity contribution in [3.8, 4) is 0 Å². The summed E-state index contributed by atoms with van der Waals surface area (Å²) < 4.78 is 1.62. The van der Waals surface area contributed by atoms with E-state index in [1.54, 1.807) is 4.68 Å². The van der Waals surface area contributed by atoms with E-state index in [9.17, 15) is 9.90 Å². The Labute approximate surface area is 114 Å². The van der Waals surface area contributed by atoms with Crippen LogP contribution in [0.25, 0.3) is 0 Å². The van der Waals surface area contributed by atoms with Gasteiger partial charge in [-0.3, -0.25) is 4.79 Å². The Hall–Kier alpha value is -1.46. The van der Waals surface area contributed by atoms with Crippen LogP contribution in [0.4, 0.5) is 0 Å². The lowest BCUT2D eigenvalue weighted by atomic mass is 9.84. The maximum absolute atomic E-state index is 11.4. The minimum absolute atomic E-state index is 0.0427.